The van der Waals surface area contributed by atoms with Gasteiger partial charge in [-0.1, -0.05) is 18.7 Å². The summed E-state index contributed by atoms with van der Waals surface area (Å²) in [6.45, 7) is 5.01. The average molecular weight is 266 g/mol. The van der Waals surface area contributed by atoms with E-state index in [9.17, 15) is 5.26 Å². The Hall–Kier alpha value is -0.990. The summed E-state index contributed by atoms with van der Waals surface area (Å²) in [5, 5.41) is 13.5. The average Bonchev–Trinajstić information content (AvgIpc) is 2.89. The van der Waals surface area contributed by atoms with Gasteiger partial charge in [0.2, 0.25) is 0 Å². The van der Waals surface area contributed by atoms with Crippen LogP contribution in [0.5, 0.6) is 0 Å². The van der Waals surface area contributed by atoms with Crippen LogP contribution in [-0.2, 0) is 0 Å². The number of aromatic nitrogens is 2. The fourth-order valence-corrected chi connectivity index (χ4v) is 2.49. The summed E-state index contributed by atoms with van der Waals surface area (Å²) in [5.41, 5.74) is -0.370. The molecule has 0 bridgehead atoms. The van der Waals surface area contributed by atoms with Crippen LogP contribution in [0.3, 0.4) is 0 Å². The van der Waals surface area contributed by atoms with Crippen LogP contribution in [0.2, 0.25) is 0 Å². The Morgan fingerprint density at radius 2 is 2.39 bits per heavy atom. The van der Waals surface area contributed by atoms with Crippen molar-refractivity contribution in [3.05, 3.63) is 12.4 Å². The molecule has 0 aliphatic carbocycles. The molecule has 1 heterocycles. The van der Waals surface area contributed by atoms with Crippen LogP contribution in [0.25, 0.3) is 0 Å². The number of imidazole rings is 1. The van der Waals surface area contributed by atoms with E-state index in [0.717, 1.165) is 43.1 Å². The second-order valence-electron chi connectivity index (χ2n) is 4.57. The molecule has 4 nitrogen and oxygen atoms in total. The molecule has 0 spiro atoms. The van der Waals surface area contributed by atoms with Gasteiger partial charge in [0.15, 0.2) is 5.16 Å². The number of H-pyrrole nitrogens is 1. The highest BCUT2D eigenvalue weighted by atomic mass is 32.2. The minimum absolute atomic E-state index is 0.370. The van der Waals surface area contributed by atoms with Crippen molar-refractivity contribution in [1.29, 1.82) is 5.26 Å². The smallest absolute Gasteiger partial charge is 0.165 e. The molecule has 1 atom stereocenters. The predicted molar refractivity (Wildman–Crippen MR) is 75.5 cm³/mol. The van der Waals surface area contributed by atoms with Crippen molar-refractivity contribution in [2.45, 2.75) is 50.2 Å². The number of nitrogens with one attached hydrogen (secondary N) is 2. The minimum Gasteiger partial charge on any atom is -0.340 e. The van der Waals surface area contributed by atoms with Crippen LogP contribution in [-0.4, -0.2) is 27.8 Å². The van der Waals surface area contributed by atoms with E-state index in [1.165, 1.54) is 0 Å². The van der Waals surface area contributed by atoms with E-state index in [0.29, 0.717) is 0 Å². The summed E-state index contributed by atoms with van der Waals surface area (Å²) >= 11 is 1.73. The van der Waals surface area contributed by atoms with Gasteiger partial charge in [0.1, 0.15) is 5.54 Å². The summed E-state index contributed by atoms with van der Waals surface area (Å²) in [7, 11) is 0. The first-order chi connectivity index (χ1) is 8.70. The maximum absolute atomic E-state index is 9.19. The highest BCUT2D eigenvalue weighted by molar-refractivity contribution is 7.99. The fourth-order valence-electron chi connectivity index (χ4n) is 1.66. The van der Waals surface area contributed by atoms with E-state index >= 15 is 0 Å². The number of hydrogen-bond donors (Lipinski definition) is 2. The molecule has 0 saturated carbocycles. The normalized spacial score (nSPS) is 14.1. The number of hydrogen-bond acceptors (Lipinski definition) is 4. The van der Waals surface area contributed by atoms with Crippen molar-refractivity contribution in [2.24, 2.45) is 0 Å². The topological polar surface area (TPSA) is 64.5 Å². The molecule has 0 saturated heterocycles. The quantitative estimate of drug-likeness (QED) is 0.533. The summed E-state index contributed by atoms with van der Waals surface area (Å²) in [5.74, 6) is 1.04. The lowest BCUT2D eigenvalue weighted by Gasteiger charge is -2.22. The molecule has 1 rings (SSSR count). The molecule has 0 aromatic carbocycles. The lowest BCUT2D eigenvalue weighted by Crippen LogP contribution is -2.41. The Kier molecular flexibility index (Phi) is 6.84. The first kappa shape index (κ1) is 15.1. The monoisotopic (exact) mass is 266 g/mol. The summed E-state index contributed by atoms with van der Waals surface area (Å²) in [6.07, 6.45) is 7.74. The van der Waals surface area contributed by atoms with E-state index in [1.54, 1.807) is 18.0 Å². The lowest BCUT2D eigenvalue weighted by molar-refractivity contribution is 0.406. The predicted octanol–water partition coefficient (Wildman–Crippen LogP) is 2.95. The van der Waals surface area contributed by atoms with Gasteiger partial charge in [0.25, 0.3) is 0 Å². The van der Waals surface area contributed by atoms with Gasteiger partial charge in [-0.2, -0.15) is 5.26 Å². The van der Waals surface area contributed by atoms with Gasteiger partial charge in [-0.25, -0.2) is 4.98 Å². The van der Waals surface area contributed by atoms with Crippen LogP contribution in [0.4, 0.5) is 0 Å². The van der Waals surface area contributed by atoms with E-state index in [1.807, 2.05) is 13.1 Å². The first-order valence-electron chi connectivity index (χ1n) is 6.48. The molecular formula is C13H22N4S. The zero-order chi connectivity index (χ0) is 13.3. The number of nitrogens with zero attached hydrogens (tertiary/aromatic N) is 2. The van der Waals surface area contributed by atoms with Crippen molar-refractivity contribution < 1.29 is 0 Å². The highest BCUT2D eigenvalue weighted by Gasteiger charge is 2.21. The molecule has 100 valence electrons. The second-order valence-corrected chi connectivity index (χ2v) is 5.65. The number of thioether (sulfide) groups is 1. The van der Waals surface area contributed by atoms with E-state index in [4.69, 9.17) is 0 Å². The lowest BCUT2D eigenvalue weighted by atomic mass is 9.96. The van der Waals surface area contributed by atoms with E-state index < -0.39 is 0 Å². The Balaban J connectivity index is 2.13. The van der Waals surface area contributed by atoms with Gasteiger partial charge in [-0.15, -0.1) is 0 Å². The number of nitriles is 1. The van der Waals surface area contributed by atoms with Crippen molar-refractivity contribution in [3.8, 4) is 6.07 Å². The first-order valence-corrected chi connectivity index (χ1v) is 7.47. The van der Waals surface area contributed by atoms with Crippen LogP contribution in [0.1, 0.15) is 39.5 Å². The number of rotatable bonds is 9. The Bertz CT molecular complexity index is 358. The third-order valence-electron chi connectivity index (χ3n) is 2.79. The van der Waals surface area contributed by atoms with Crippen LogP contribution < -0.4 is 5.32 Å². The maximum Gasteiger partial charge on any atom is 0.165 e. The van der Waals surface area contributed by atoms with Gasteiger partial charge in [0.05, 0.1) is 6.07 Å². The molecule has 5 heteroatoms. The Morgan fingerprint density at radius 1 is 1.56 bits per heavy atom. The van der Waals surface area contributed by atoms with Gasteiger partial charge in [0, 0.05) is 18.1 Å². The van der Waals surface area contributed by atoms with Crippen molar-refractivity contribution in [3.63, 3.8) is 0 Å². The standard InChI is InChI=1S/C13H22N4S/c1-3-7-17-13(2,11-14)6-4-5-10-18-12-15-8-9-16-12/h8-9,17H,3-7,10H2,1-2H3,(H,15,16). The van der Waals surface area contributed by atoms with Gasteiger partial charge >= 0.3 is 0 Å². The number of unbranched alkanes of at least 4 members (excludes halogenated alkanes) is 1. The summed E-state index contributed by atoms with van der Waals surface area (Å²) in [4.78, 5) is 7.23. The van der Waals surface area contributed by atoms with E-state index in [-0.39, 0.29) is 5.54 Å². The zero-order valence-corrected chi connectivity index (χ0v) is 12.0. The molecule has 0 amide bonds. The minimum atomic E-state index is -0.370. The second kappa shape index (κ2) is 8.17. The SMILES string of the molecule is CCCNC(C)(C#N)CCCCSc1ncc[nH]1. The van der Waals surface area contributed by atoms with E-state index in [2.05, 4.69) is 28.3 Å². The molecule has 0 fully saturated rings. The van der Waals surface area contributed by atoms with Crippen LogP contribution in [0.15, 0.2) is 17.6 Å². The Morgan fingerprint density at radius 3 is 3.00 bits per heavy atom. The molecule has 0 aliphatic rings. The van der Waals surface area contributed by atoms with Gasteiger partial charge in [-0.3, -0.25) is 5.32 Å². The Labute approximate surface area is 114 Å². The highest BCUT2D eigenvalue weighted by Crippen LogP contribution is 2.17. The molecule has 1 aromatic rings. The third kappa shape index (κ3) is 5.56. The third-order valence-corrected chi connectivity index (χ3v) is 3.78. The molecule has 0 radical (unpaired) electrons. The van der Waals surface area contributed by atoms with Crippen molar-refractivity contribution >= 4 is 11.8 Å². The van der Waals surface area contributed by atoms with Gasteiger partial charge in [-0.05, 0) is 39.2 Å². The van der Waals surface area contributed by atoms with Crippen LogP contribution >= 0.6 is 11.8 Å². The summed E-state index contributed by atoms with van der Waals surface area (Å²) < 4.78 is 0. The number of aromatic amines is 1. The summed E-state index contributed by atoms with van der Waals surface area (Å²) in [6, 6.07) is 2.38. The van der Waals surface area contributed by atoms with Crippen molar-refractivity contribution in [1.82, 2.24) is 15.3 Å². The molecule has 0 aliphatic heterocycles. The van der Waals surface area contributed by atoms with Crippen molar-refractivity contribution in [2.75, 3.05) is 12.3 Å². The largest absolute Gasteiger partial charge is 0.340 e. The molecule has 1 aromatic heterocycles. The molecule has 1 unspecified atom stereocenters. The maximum atomic E-state index is 9.19. The molecule has 18 heavy (non-hydrogen) atoms. The molecule has 2 N–H and O–H groups in total. The fraction of sp³-hybridized carbons (Fsp3) is 0.692. The van der Waals surface area contributed by atoms with Gasteiger partial charge < -0.3 is 4.98 Å². The van der Waals surface area contributed by atoms with Crippen LogP contribution in [0, 0.1) is 11.3 Å². The zero-order valence-electron chi connectivity index (χ0n) is 11.2. The molecular weight excluding hydrogens is 244 g/mol.